The van der Waals surface area contributed by atoms with Crippen LogP contribution in [0.4, 0.5) is 0 Å². The largest absolute Gasteiger partial charge is 0.394 e. The minimum atomic E-state index is -1.71. The van der Waals surface area contributed by atoms with Crippen molar-refractivity contribution in [2.75, 3.05) is 19.7 Å². The number of rotatable bonds is 11. The molecule has 0 aromatic heterocycles. The van der Waals surface area contributed by atoms with E-state index in [-0.39, 0.29) is 37.8 Å². The molecule has 5 rings (SSSR count). The Morgan fingerprint density at radius 1 is 0.783 bits per heavy atom. The van der Waals surface area contributed by atoms with Crippen LogP contribution < -0.4 is 39.3 Å². The number of hydrogen-bond donors (Lipinski definition) is 13. The Kier molecular flexibility index (Phi) is 11.6. The molecule has 18 N–H and O–H groups in total. The van der Waals surface area contributed by atoms with Crippen LogP contribution in [0, 0.1) is 5.92 Å². The molecule has 1 amide bonds. The molecule has 2 aliphatic heterocycles. The third-order valence-corrected chi connectivity index (χ3v) is 10.1. The highest BCUT2D eigenvalue weighted by Crippen LogP contribution is 2.34. The van der Waals surface area contributed by atoms with E-state index >= 15 is 0 Å². The van der Waals surface area contributed by atoms with Gasteiger partial charge in [0.25, 0.3) is 5.91 Å². The van der Waals surface area contributed by atoms with E-state index in [0.29, 0.717) is 12.5 Å². The van der Waals surface area contributed by atoms with Crippen molar-refractivity contribution in [1.29, 1.82) is 0 Å². The Labute approximate surface area is 267 Å². The van der Waals surface area contributed by atoms with E-state index in [1.807, 2.05) is 0 Å². The van der Waals surface area contributed by atoms with E-state index in [1.165, 1.54) is 0 Å². The molecule has 3 saturated carbocycles. The van der Waals surface area contributed by atoms with Gasteiger partial charge in [-0.2, -0.15) is 0 Å². The topological polar surface area (TPSA) is 330 Å². The summed E-state index contributed by atoms with van der Waals surface area (Å²) in [4.78, 5) is 13.1. The summed E-state index contributed by atoms with van der Waals surface area (Å²) in [5.41, 5.74) is 28.7. The Morgan fingerprint density at radius 2 is 1.43 bits per heavy atom. The lowest BCUT2D eigenvalue weighted by Crippen LogP contribution is -2.70. The number of carbonyl (C=O) groups excluding carboxylic acids is 1. The van der Waals surface area contributed by atoms with Crippen LogP contribution >= 0.6 is 0 Å². The molecule has 3 aliphatic carbocycles. The van der Waals surface area contributed by atoms with Crippen molar-refractivity contribution in [2.45, 2.75) is 142 Å². The normalized spacial score (nSPS) is 51.2. The predicted molar refractivity (Wildman–Crippen MR) is 159 cm³/mol. The van der Waals surface area contributed by atoms with Crippen molar-refractivity contribution in [3.63, 3.8) is 0 Å². The van der Waals surface area contributed by atoms with Crippen molar-refractivity contribution < 1.29 is 54.4 Å². The number of aliphatic hydroxyl groups excluding tert-OH is 5. The maximum Gasteiger partial charge on any atom is 0.252 e. The minimum absolute atomic E-state index is 0.0136. The molecule has 2 saturated heterocycles. The third-order valence-electron chi connectivity index (χ3n) is 10.1. The van der Waals surface area contributed by atoms with Gasteiger partial charge in [-0.25, -0.2) is 0 Å². The first-order chi connectivity index (χ1) is 21.7. The Balaban J connectivity index is 1.28. The van der Waals surface area contributed by atoms with E-state index in [0.717, 1.165) is 19.4 Å². The van der Waals surface area contributed by atoms with Crippen molar-refractivity contribution in [3.8, 4) is 0 Å². The lowest BCUT2D eigenvalue weighted by molar-refractivity contribution is -0.316. The fourth-order valence-corrected chi connectivity index (χ4v) is 7.18. The summed E-state index contributed by atoms with van der Waals surface area (Å²) in [7, 11) is 0. The molecule has 5 fully saturated rings. The van der Waals surface area contributed by atoms with Gasteiger partial charge in [-0.3, -0.25) is 4.79 Å². The first-order valence-corrected chi connectivity index (χ1v) is 16.2. The third kappa shape index (κ3) is 7.67. The smallest absolute Gasteiger partial charge is 0.252 e. The first kappa shape index (κ1) is 36.1. The number of nitrogens with two attached hydrogens (primary N) is 5. The van der Waals surface area contributed by atoms with Crippen molar-refractivity contribution in [1.82, 2.24) is 10.6 Å². The van der Waals surface area contributed by atoms with Gasteiger partial charge in [0.15, 0.2) is 12.6 Å². The maximum atomic E-state index is 13.1. The van der Waals surface area contributed by atoms with Crippen LogP contribution in [-0.4, -0.2) is 160 Å². The first-order valence-electron chi connectivity index (χ1n) is 16.2. The average Bonchev–Trinajstić information content (AvgIpc) is 2.97. The van der Waals surface area contributed by atoms with Gasteiger partial charge >= 0.3 is 0 Å². The van der Waals surface area contributed by atoms with Crippen molar-refractivity contribution in [2.24, 2.45) is 34.6 Å². The van der Waals surface area contributed by atoms with Crippen LogP contribution in [0.25, 0.3) is 0 Å². The van der Waals surface area contributed by atoms with Crippen LogP contribution in [-0.2, 0) is 23.7 Å². The van der Waals surface area contributed by atoms with Crippen LogP contribution in [0.15, 0.2) is 0 Å². The zero-order valence-corrected chi connectivity index (χ0v) is 25.8. The van der Waals surface area contributed by atoms with Crippen molar-refractivity contribution in [3.05, 3.63) is 0 Å². The molecule has 266 valence electrons. The van der Waals surface area contributed by atoms with Gasteiger partial charge < -0.3 is 88.9 Å². The fraction of sp³-hybridized carbons (Fsp3) is 0.964. The number of amides is 1. The number of ether oxygens (including phenoxy) is 4. The summed E-state index contributed by atoms with van der Waals surface area (Å²) in [6, 6.07) is -4.06. The molecule has 1 unspecified atom stereocenters. The van der Waals surface area contributed by atoms with Gasteiger partial charge in [0.05, 0.1) is 36.9 Å². The molecular weight excluding hydrogens is 610 g/mol. The number of hydrogen-bond acceptors (Lipinski definition) is 17. The van der Waals surface area contributed by atoms with E-state index in [2.05, 4.69) is 10.6 Å². The van der Waals surface area contributed by atoms with E-state index in [9.17, 15) is 35.4 Å². The van der Waals surface area contributed by atoms with Crippen molar-refractivity contribution >= 4 is 5.91 Å². The lowest BCUT2D eigenvalue weighted by atomic mass is 9.75. The highest BCUT2D eigenvalue weighted by atomic mass is 16.7. The number of aliphatic hydroxyl groups is 6. The fourth-order valence-electron chi connectivity index (χ4n) is 7.18. The zero-order valence-electron chi connectivity index (χ0n) is 25.8. The van der Waals surface area contributed by atoms with Gasteiger partial charge in [-0.15, -0.1) is 0 Å². The highest BCUT2D eigenvalue weighted by molar-refractivity contribution is 5.86. The summed E-state index contributed by atoms with van der Waals surface area (Å²) >= 11 is 0. The number of carbonyl (C=O) groups is 1. The lowest BCUT2D eigenvalue weighted by Gasteiger charge is -2.49. The summed E-state index contributed by atoms with van der Waals surface area (Å²) in [6.45, 7) is 0.427. The molecule has 0 radical (unpaired) electrons. The molecule has 0 bridgehead atoms. The van der Waals surface area contributed by atoms with E-state index in [4.69, 9.17) is 47.6 Å². The van der Waals surface area contributed by atoms with Gasteiger partial charge in [0.1, 0.15) is 42.2 Å². The monoisotopic (exact) mass is 663 g/mol. The molecule has 5 aliphatic rings. The van der Waals surface area contributed by atoms with Gasteiger partial charge in [-0.1, -0.05) is 0 Å². The summed E-state index contributed by atoms with van der Waals surface area (Å²) in [5, 5.41) is 69.7. The molecule has 0 spiro atoms. The minimum Gasteiger partial charge on any atom is -0.394 e. The second-order valence-corrected chi connectivity index (χ2v) is 13.9. The number of nitrogens with one attached hydrogen (secondary N) is 2. The highest BCUT2D eigenvalue weighted by Gasteiger charge is 2.53. The molecular formula is C28H53N7O11. The van der Waals surface area contributed by atoms with E-state index < -0.39 is 104 Å². The summed E-state index contributed by atoms with van der Waals surface area (Å²) in [6.07, 6.45) is -10.3. The van der Waals surface area contributed by atoms with Gasteiger partial charge in [-0.05, 0) is 38.1 Å². The van der Waals surface area contributed by atoms with E-state index in [1.54, 1.807) is 0 Å². The maximum absolute atomic E-state index is 13.1. The molecule has 18 nitrogen and oxygen atoms in total. The second-order valence-electron chi connectivity index (χ2n) is 13.9. The Bertz CT molecular complexity index is 1020. The standard InChI is InChI=1S/C28H53N7O11/c29-11-1-10(2-11)7-34-8-17-16(37)4-14(32)25(43-17)45-23-13(31)3-15(35-27(41)28(42)5-12(30)6-28)24(22(23)40)46-26-21(39)19(33)20(38)18(9-36)44-26/h10-26,34,36-40,42H,1-9,29-33H2,(H,35,41)/t10?,11?,12?,13-,14+,15+,16-,17+,18+,19-,20+,21+,22-,23?,24-,25+,26+,28?/m0/s1. The Morgan fingerprint density at radius 3 is 2.07 bits per heavy atom. The molecule has 0 aromatic rings. The zero-order chi connectivity index (χ0) is 33.5. The molecule has 0 aromatic carbocycles. The Hall–Kier alpha value is -1.17. The summed E-state index contributed by atoms with van der Waals surface area (Å²) in [5.74, 6) is -0.271. The van der Waals surface area contributed by atoms with Gasteiger partial charge in [0.2, 0.25) is 0 Å². The predicted octanol–water partition coefficient (Wildman–Crippen LogP) is -6.92. The SMILES string of the molecule is NC1CC(CNC[C@H]2O[C@H](OC3[C@@H](N)C[C@@H](NC(=O)C4(O)CC(N)C4)[C@H](O[C@H]4O[C@H](CO)[C@@H](O)[C@H](N)[C@H]4O)[C@H]3O)[C@H](N)C[C@@H]2O)C1. The molecule has 14 atom stereocenters. The average molecular weight is 664 g/mol. The second kappa shape index (κ2) is 14.8. The van der Waals surface area contributed by atoms with Crippen LogP contribution in [0.3, 0.4) is 0 Å². The summed E-state index contributed by atoms with van der Waals surface area (Å²) < 4.78 is 23.8. The van der Waals surface area contributed by atoms with Gasteiger partial charge in [0, 0.05) is 37.5 Å². The van der Waals surface area contributed by atoms with Crippen LogP contribution in [0.1, 0.15) is 38.5 Å². The molecule has 2 heterocycles. The van der Waals surface area contributed by atoms with Crippen LogP contribution in [0.5, 0.6) is 0 Å². The quantitative estimate of drug-likeness (QED) is 0.0976. The van der Waals surface area contributed by atoms with Crippen LogP contribution in [0.2, 0.25) is 0 Å². The molecule has 46 heavy (non-hydrogen) atoms. The molecule has 18 heteroatoms.